The van der Waals surface area contributed by atoms with Crippen LogP contribution in [0.4, 0.5) is 5.82 Å². The summed E-state index contributed by atoms with van der Waals surface area (Å²) < 4.78 is 10.6. The van der Waals surface area contributed by atoms with Crippen LogP contribution in [0.5, 0.6) is 5.88 Å². The summed E-state index contributed by atoms with van der Waals surface area (Å²) in [6, 6.07) is 5.89. The van der Waals surface area contributed by atoms with Crippen LogP contribution in [0.15, 0.2) is 28.9 Å². The molecule has 0 bridgehead atoms. The molecule has 1 aliphatic heterocycles. The van der Waals surface area contributed by atoms with Gasteiger partial charge in [-0.3, -0.25) is 0 Å². The largest absolute Gasteiger partial charge is 0.481 e. The number of rotatable bonds is 6. The molecule has 0 saturated carbocycles. The van der Waals surface area contributed by atoms with Crippen molar-refractivity contribution >= 4 is 5.82 Å². The Morgan fingerprint density at radius 3 is 2.83 bits per heavy atom. The van der Waals surface area contributed by atoms with Gasteiger partial charge in [-0.1, -0.05) is 0 Å². The highest BCUT2D eigenvalue weighted by molar-refractivity contribution is 5.38. The molecule has 1 unspecified atom stereocenters. The summed E-state index contributed by atoms with van der Waals surface area (Å²) in [6.07, 6.45) is 2.92. The molecule has 24 heavy (non-hydrogen) atoms. The van der Waals surface area contributed by atoms with E-state index in [1.165, 1.54) is 6.33 Å². The molecule has 0 aliphatic carbocycles. The Balaban J connectivity index is 1.47. The maximum Gasteiger partial charge on any atom is 0.218 e. The number of anilines is 1. The fourth-order valence-corrected chi connectivity index (χ4v) is 2.97. The zero-order valence-electron chi connectivity index (χ0n) is 14.1. The van der Waals surface area contributed by atoms with Crippen LogP contribution in [0.3, 0.4) is 0 Å². The van der Waals surface area contributed by atoms with Crippen LogP contribution < -0.4 is 10.1 Å². The fourth-order valence-electron chi connectivity index (χ4n) is 2.97. The fraction of sp³-hybridized carbons (Fsp3) is 0.529. The second-order valence-corrected chi connectivity index (χ2v) is 6.13. The number of aliphatic hydroxyl groups excluding tert-OH is 1. The number of aryl methyl sites for hydroxylation is 1. The number of ether oxygens (including phenoxy) is 1. The van der Waals surface area contributed by atoms with Crippen LogP contribution in [0.2, 0.25) is 0 Å². The van der Waals surface area contributed by atoms with Crippen molar-refractivity contribution in [3.05, 3.63) is 36.0 Å². The maximum atomic E-state index is 10.3. The van der Waals surface area contributed by atoms with E-state index in [9.17, 15) is 5.11 Å². The van der Waals surface area contributed by atoms with Gasteiger partial charge in [-0.15, -0.1) is 0 Å². The van der Waals surface area contributed by atoms with Gasteiger partial charge in [0.25, 0.3) is 0 Å². The molecule has 2 aromatic rings. The van der Waals surface area contributed by atoms with Crippen LogP contribution in [0.25, 0.3) is 0 Å². The Morgan fingerprint density at radius 1 is 1.38 bits per heavy atom. The third-order valence-electron chi connectivity index (χ3n) is 4.31. The summed E-state index contributed by atoms with van der Waals surface area (Å²) in [5.41, 5.74) is 0. The van der Waals surface area contributed by atoms with Crippen molar-refractivity contribution in [2.45, 2.75) is 31.9 Å². The SMILES string of the molecule is COc1cc(NC2CCN(CC(O)c3ccc(C)o3)CC2)ncn1. The first-order valence-corrected chi connectivity index (χ1v) is 8.23. The van der Waals surface area contributed by atoms with Crippen molar-refractivity contribution in [1.82, 2.24) is 14.9 Å². The molecule has 2 N–H and O–H groups in total. The van der Waals surface area contributed by atoms with Crippen molar-refractivity contribution < 1.29 is 14.3 Å². The lowest BCUT2D eigenvalue weighted by atomic mass is 10.0. The van der Waals surface area contributed by atoms with E-state index in [0.717, 1.165) is 37.5 Å². The lowest BCUT2D eigenvalue weighted by molar-refractivity contribution is 0.0825. The second kappa shape index (κ2) is 7.63. The van der Waals surface area contributed by atoms with Crippen LogP contribution in [-0.2, 0) is 0 Å². The standard InChI is InChI=1S/C17H24N4O3/c1-12-3-4-15(24-12)14(22)10-21-7-5-13(6-8-21)20-16-9-17(23-2)19-11-18-16/h3-4,9,11,13-14,22H,5-8,10H2,1-2H3,(H,18,19,20). The summed E-state index contributed by atoms with van der Waals surface area (Å²) in [5, 5.41) is 13.7. The van der Waals surface area contributed by atoms with Crippen LogP contribution in [-0.4, -0.2) is 52.8 Å². The zero-order chi connectivity index (χ0) is 16.9. The number of likely N-dealkylation sites (tertiary alicyclic amines) is 1. The molecule has 0 amide bonds. The highest BCUT2D eigenvalue weighted by Gasteiger charge is 2.23. The molecule has 1 fully saturated rings. The Bertz CT molecular complexity index is 653. The van der Waals surface area contributed by atoms with E-state index in [1.54, 1.807) is 13.2 Å². The molecule has 130 valence electrons. The first-order chi connectivity index (χ1) is 11.6. The maximum absolute atomic E-state index is 10.3. The number of nitrogens with zero attached hydrogens (tertiary/aromatic N) is 3. The molecule has 1 aliphatic rings. The molecule has 0 radical (unpaired) electrons. The van der Waals surface area contributed by atoms with Gasteiger partial charge in [-0.25, -0.2) is 9.97 Å². The van der Waals surface area contributed by atoms with Crippen molar-refractivity contribution in [3.63, 3.8) is 0 Å². The summed E-state index contributed by atoms with van der Waals surface area (Å²) in [6.45, 7) is 4.34. The molecular formula is C17H24N4O3. The molecule has 0 aromatic carbocycles. The molecule has 7 heteroatoms. The van der Waals surface area contributed by atoms with E-state index < -0.39 is 6.10 Å². The molecular weight excluding hydrogens is 308 g/mol. The van der Waals surface area contributed by atoms with E-state index >= 15 is 0 Å². The zero-order valence-corrected chi connectivity index (χ0v) is 14.1. The number of hydrogen-bond acceptors (Lipinski definition) is 7. The third-order valence-corrected chi connectivity index (χ3v) is 4.31. The van der Waals surface area contributed by atoms with Gasteiger partial charge in [0.05, 0.1) is 7.11 Å². The molecule has 7 nitrogen and oxygen atoms in total. The third kappa shape index (κ3) is 4.24. The second-order valence-electron chi connectivity index (χ2n) is 6.13. The molecule has 3 heterocycles. The van der Waals surface area contributed by atoms with E-state index in [1.807, 2.05) is 19.1 Å². The Kier molecular flexibility index (Phi) is 5.32. The average molecular weight is 332 g/mol. The van der Waals surface area contributed by atoms with Gasteiger partial charge >= 0.3 is 0 Å². The minimum absolute atomic E-state index is 0.365. The number of β-amino-alcohol motifs (C(OH)–C–C–N with tert-alkyl or cyclic N) is 1. The topological polar surface area (TPSA) is 83.7 Å². The van der Waals surface area contributed by atoms with E-state index in [4.69, 9.17) is 9.15 Å². The predicted octanol–water partition coefficient (Wildman–Crippen LogP) is 2.00. The number of aliphatic hydroxyl groups is 1. The van der Waals surface area contributed by atoms with E-state index in [2.05, 4.69) is 20.2 Å². The van der Waals surface area contributed by atoms with Gasteiger partial charge in [0.15, 0.2) is 0 Å². The molecule has 1 atom stereocenters. The number of nitrogens with one attached hydrogen (secondary N) is 1. The van der Waals surface area contributed by atoms with E-state index in [-0.39, 0.29) is 0 Å². The molecule has 3 rings (SSSR count). The first kappa shape index (κ1) is 16.7. The van der Waals surface area contributed by atoms with Gasteiger partial charge in [0.1, 0.15) is 29.8 Å². The van der Waals surface area contributed by atoms with Crippen molar-refractivity contribution in [2.75, 3.05) is 32.1 Å². The monoisotopic (exact) mass is 332 g/mol. The summed E-state index contributed by atoms with van der Waals surface area (Å²) >= 11 is 0. The normalized spacial score (nSPS) is 17.6. The molecule has 0 spiro atoms. The van der Waals surface area contributed by atoms with Crippen LogP contribution >= 0.6 is 0 Å². The smallest absolute Gasteiger partial charge is 0.218 e. The van der Waals surface area contributed by atoms with Gasteiger partial charge in [0.2, 0.25) is 5.88 Å². The number of hydrogen-bond donors (Lipinski definition) is 2. The van der Waals surface area contributed by atoms with Gasteiger partial charge in [-0.2, -0.15) is 0 Å². The Morgan fingerprint density at radius 2 is 2.17 bits per heavy atom. The quantitative estimate of drug-likeness (QED) is 0.837. The van der Waals surface area contributed by atoms with Crippen molar-refractivity contribution in [2.24, 2.45) is 0 Å². The van der Waals surface area contributed by atoms with Crippen LogP contribution in [0.1, 0.15) is 30.5 Å². The summed E-state index contributed by atoms with van der Waals surface area (Å²) in [7, 11) is 1.59. The number of piperidine rings is 1. The van der Waals surface area contributed by atoms with Crippen molar-refractivity contribution in [3.8, 4) is 5.88 Å². The summed E-state index contributed by atoms with van der Waals surface area (Å²) in [5.74, 6) is 2.81. The molecule has 1 saturated heterocycles. The number of methoxy groups -OCH3 is 1. The Hall–Kier alpha value is -2.12. The average Bonchev–Trinajstić information content (AvgIpc) is 3.03. The van der Waals surface area contributed by atoms with Crippen LogP contribution in [0, 0.1) is 6.92 Å². The van der Waals surface area contributed by atoms with Gasteiger partial charge in [-0.05, 0) is 31.9 Å². The van der Waals surface area contributed by atoms with E-state index in [0.29, 0.717) is 24.2 Å². The predicted molar refractivity (Wildman–Crippen MR) is 90.1 cm³/mol. The highest BCUT2D eigenvalue weighted by atomic mass is 16.5. The summed E-state index contributed by atoms with van der Waals surface area (Å²) in [4.78, 5) is 10.5. The number of furan rings is 1. The van der Waals surface area contributed by atoms with Gasteiger partial charge in [0, 0.05) is 31.7 Å². The lowest BCUT2D eigenvalue weighted by Gasteiger charge is -2.33. The molecule has 2 aromatic heterocycles. The lowest BCUT2D eigenvalue weighted by Crippen LogP contribution is -2.41. The number of aromatic nitrogens is 2. The highest BCUT2D eigenvalue weighted by Crippen LogP contribution is 2.21. The first-order valence-electron chi connectivity index (χ1n) is 8.23. The Labute approximate surface area is 141 Å². The minimum Gasteiger partial charge on any atom is -0.481 e. The minimum atomic E-state index is -0.575. The van der Waals surface area contributed by atoms with Gasteiger partial charge < -0.3 is 24.5 Å². The van der Waals surface area contributed by atoms with Crippen molar-refractivity contribution in [1.29, 1.82) is 0 Å².